The van der Waals surface area contributed by atoms with Crippen LogP contribution in [0.2, 0.25) is 0 Å². The number of aromatic nitrogens is 1. The third kappa shape index (κ3) is 32.0. The smallest absolute Gasteiger partial charge is 0.407 e. The van der Waals surface area contributed by atoms with Gasteiger partial charge in [-0.3, -0.25) is 19.4 Å². The molecule has 12 N–H and O–H groups in total. The van der Waals surface area contributed by atoms with Crippen LogP contribution in [0.4, 0.5) is 19.2 Å². The highest BCUT2D eigenvalue weighted by molar-refractivity contribution is 5.88. The quantitative estimate of drug-likeness (QED) is 0.0142. The molecule has 2 heterocycles. The third-order valence-electron chi connectivity index (χ3n) is 24.8. The minimum atomic E-state index is -1.11. The molecule has 0 saturated heterocycles. The van der Waals surface area contributed by atoms with Gasteiger partial charge in [-0.15, -0.1) is 0 Å². The van der Waals surface area contributed by atoms with Crippen molar-refractivity contribution in [3.05, 3.63) is 322 Å². The standard InChI is InChI=1S/C26H22N2O4.C24H21NO4.C22H20N2O4.C22H25NO4.C7H14O2.C6H10O2.C4H8O2.4CH4/c29-25(30)24(13-16-14-27-23-12-6-5-7-17(16)23)28-26(31)32-15-22-20-10-3-1-8-18(20)19-9-2-4-11-21(19)22;26-23(27)22(14-16-8-2-1-3-9-16)25-24(28)29-15-21-19-12-6-4-10-17(19)18-11-5-7-13-20(18)21;25-21(26)20(11-14-9-10-23-12-14)24-22(27)28-13-19-17-7-3-1-5-15(17)16-6-2-4-8-18(16)19;1-2-3-4-13-20(21(24)25)23-22(26)27-14-19-17-11-7-5-9-15(17)16-10-6-8-12-18(16)19;1-5(2)4-6(3)7(8)9;7-6(8)5-3-1-2-4-5;1-3(2)4(5)6;;;;/h1-12,14,22,24,27H,13,15H2,(H,28,31)(H,29,30);1-13,21-22H,14-15H2,(H,25,28)(H,26,27);1-8,10,12,19-20H,9,11,13H2,(H,24,27)(H,25,26);5-12,19-20H,2-4,13-14H2,1H3,(H,23,26)(H,24,25);5-6H,4H2,1-3H3,(H,8,9);5H,1-4H2,(H,7,8);3H,1-2H3,(H,5,6);4*1H4/t24-;22-;2*20-;6-;;;;;;/m11111....../s1. The first-order chi connectivity index (χ1) is 67.0. The Balaban J connectivity index is 0.000000238. The van der Waals surface area contributed by atoms with Gasteiger partial charge in [0, 0.05) is 78.9 Å². The number of nitrogens with zero attached hydrogens (tertiary/aromatic N) is 1. The summed E-state index contributed by atoms with van der Waals surface area (Å²) in [6.07, 6.45) is 11.3. The molecule has 1 aliphatic heterocycles. The van der Waals surface area contributed by atoms with Gasteiger partial charge in [-0.05, 0) is 143 Å². The fourth-order valence-corrected chi connectivity index (χ4v) is 17.7. The Kier molecular flexibility index (Phi) is 45.4. The molecule has 5 atom stereocenters. The number of aliphatic carboxylic acids is 7. The Bertz CT molecular complexity index is 5980. The number of rotatable bonds is 31. The molecule has 17 rings (SSSR count). The van der Waals surface area contributed by atoms with Crippen LogP contribution in [0.5, 0.6) is 0 Å². The number of carboxylic acid groups (broad SMARTS) is 7. The van der Waals surface area contributed by atoms with Gasteiger partial charge >= 0.3 is 66.2 Å². The monoisotopic (exact) mass is 1950 g/mol. The van der Waals surface area contributed by atoms with Gasteiger partial charge < -0.3 is 80.9 Å². The van der Waals surface area contributed by atoms with Crippen molar-refractivity contribution in [3.8, 4) is 44.5 Å². The van der Waals surface area contributed by atoms with Crippen LogP contribution in [0.25, 0.3) is 55.4 Å². The summed E-state index contributed by atoms with van der Waals surface area (Å²) in [7, 11) is 0. The topological polar surface area (TPSA) is 443 Å². The maximum absolute atomic E-state index is 12.5. The molecule has 28 heteroatoms. The zero-order valence-corrected chi connectivity index (χ0v) is 78.6. The van der Waals surface area contributed by atoms with Crippen LogP contribution in [0.3, 0.4) is 0 Å². The predicted octanol–water partition coefficient (Wildman–Crippen LogP) is 23.5. The van der Waals surface area contributed by atoms with Crippen LogP contribution >= 0.6 is 0 Å². The van der Waals surface area contributed by atoms with Gasteiger partial charge in [0.2, 0.25) is 0 Å². The highest BCUT2D eigenvalue weighted by atomic mass is 16.6. The fraction of sp³-hybridized carbons (Fsp3) is 0.339. The van der Waals surface area contributed by atoms with E-state index in [0.717, 1.165) is 168 Å². The Morgan fingerprint density at radius 1 is 0.371 bits per heavy atom. The van der Waals surface area contributed by atoms with E-state index in [9.17, 15) is 73.2 Å². The molecule has 5 aliphatic carbocycles. The van der Waals surface area contributed by atoms with E-state index in [0.29, 0.717) is 18.8 Å². The van der Waals surface area contributed by atoms with Crippen LogP contribution in [0, 0.1) is 23.7 Å². The summed E-state index contributed by atoms with van der Waals surface area (Å²) in [5, 5.41) is 73.5. The van der Waals surface area contributed by atoms with E-state index < -0.39 is 90.3 Å². The molecule has 0 bridgehead atoms. The molecule has 10 aromatic carbocycles. The lowest BCUT2D eigenvalue weighted by atomic mass is 9.98. The number of hydrogen-bond acceptors (Lipinski definition) is 16. The van der Waals surface area contributed by atoms with Gasteiger partial charge in [-0.2, -0.15) is 0 Å². The molecule has 0 radical (unpaired) electrons. The van der Waals surface area contributed by atoms with Gasteiger partial charge in [0.05, 0.1) is 17.8 Å². The lowest BCUT2D eigenvalue weighted by Crippen LogP contribution is -2.42. The van der Waals surface area contributed by atoms with Crippen LogP contribution in [-0.2, 0) is 65.4 Å². The predicted molar refractivity (Wildman–Crippen MR) is 556 cm³/mol. The van der Waals surface area contributed by atoms with Crippen molar-refractivity contribution in [1.82, 2.24) is 26.3 Å². The molecular weight excluding hydrogens is 1820 g/mol. The number of aliphatic imine (C=N–C) groups is 1. The SMILES string of the molecule is C.C.C.C.CC(C)C(=O)O.CC(C)C[C@@H](C)C(=O)O.CCCCC[C@@H](NC(=O)OCC1c2ccccc2-c2ccccc21)C(=O)O.O=C(N[C@H](CC1=CN=CC1)C(=O)O)OCC1c2ccccc2-c2ccccc21.O=C(N[C@H](Cc1c[nH]c2ccccc12)C(=O)O)OCC1c2ccccc2-c2ccccc21.O=C(N[C@H](Cc1ccccc1)C(=O)O)OCC1c2ccccc2-c2ccccc21.O=C(O)C1CCCC1. The number of amides is 4. The van der Waals surface area contributed by atoms with E-state index in [-0.39, 0.29) is 117 Å². The molecule has 1 saturated carbocycles. The average Bonchev–Trinajstić information content (AvgIpc) is 1.63. The van der Waals surface area contributed by atoms with E-state index in [1.54, 1.807) is 39.4 Å². The number of hydrogen-bond donors (Lipinski definition) is 12. The molecule has 28 nitrogen and oxygen atoms in total. The zero-order chi connectivity index (χ0) is 99.6. The molecule has 1 aromatic heterocycles. The maximum atomic E-state index is 12.5. The minimum absolute atomic E-state index is 0. The average molecular weight is 1950 g/mol. The molecular formula is C115H136N6O22. The summed E-state index contributed by atoms with van der Waals surface area (Å²) >= 11 is 0. The van der Waals surface area contributed by atoms with Crippen molar-refractivity contribution >= 4 is 83.3 Å². The second kappa shape index (κ2) is 56.7. The summed E-state index contributed by atoms with van der Waals surface area (Å²) in [4.78, 5) is 133. The first-order valence-electron chi connectivity index (χ1n) is 46.8. The number of H-pyrrole nitrogens is 1. The Labute approximate surface area is 836 Å². The Hall–Kier alpha value is -15.5. The molecule has 4 amide bonds. The van der Waals surface area contributed by atoms with Crippen molar-refractivity contribution < 1.29 is 107 Å². The van der Waals surface area contributed by atoms with Crippen molar-refractivity contribution in [2.45, 2.75) is 203 Å². The second-order valence-corrected chi connectivity index (χ2v) is 35.4. The maximum Gasteiger partial charge on any atom is 0.407 e. The summed E-state index contributed by atoms with van der Waals surface area (Å²) in [6.45, 7) is 11.7. The number of unbranched alkanes of at least 4 members (excludes halogenated alkanes) is 2. The number of fused-ring (bicyclic) bond motifs is 13. The lowest BCUT2D eigenvalue weighted by Gasteiger charge is -2.17. The van der Waals surface area contributed by atoms with Crippen molar-refractivity contribution in [2.75, 3.05) is 26.4 Å². The summed E-state index contributed by atoms with van der Waals surface area (Å²) < 4.78 is 21.8. The van der Waals surface area contributed by atoms with E-state index >= 15 is 0 Å². The largest absolute Gasteiger partial charge is 0.481 e. The van der Waals surface area contributed by atoms with E-state index in [2.05, 4.69) is 86.7 Å². The number of carboxylic acids is 7. The molecule has 143 heavy (non-hydrogen) atoms. The van der Waals surface area contributed by atoms with Crippen molar-refractivity contribution in [2.24, 2.45) is 28.7 Å². The highest BCUT2D eigenvalue weighted by Crippen LogP contribution is 2.49. The van der Waals surface area contributed by atoms with Gasteiger partial charge in [-0.25, -0.2) is 38.4 Å². The number of ether oxygens (including phenoxy) is 4. The van der Waals surface area contributed by atoms with Crippen LogP contribution in [0.1, 0.15) is 221 Å². The molecule has 1 fully saturated rings. The zero-order valence-electron chi connectivity index (χ0n) is 78.6. The molecule has 0 unspecified atom stereocenters. The molecule has 0 spiro atoms. The fourth-order valence-electron chi connectivity index (χ4n) is 17.7. The number of benzene rings is 10. The van der Waals surface area contributed by atoms with Crippen LogP contribution < -0.4 is 21.3 Å². The van der Waals surface area contributed by atoms with Gasteiger partial charge in [-0.1, -0.05) is 346 Å². The first kappa shape index (κ1) is 114. The van der Waals surface area contributed by atoms with E-state index in [4.69, 9.17) is 34.3 Å². The molecule has 11 aromatic rings. The van der Waals surface area contributed by atoms with Gasteiger partial charge in [0.25, 0.3) is 0 Å². The molecule has 758 valence electrons. The van der Waals surface area contributed by atoms with Crippen molar-refractivity contribution in [3.63, 3.8) is 0 Å². The van der Waals surface area contributed by atoms with Crippen molar-refractivity contribution in [1.29, 1.82) is 0 Å². The number of alkyl carbamates (subject to hydrolysis) is 4. The number of para-hydroxylation sites is 1. The lowest BCUT2D eigenvalue weighted by molar-refractivity contribution is -0.142. The Morgan fingerprint density at radius 3 is 0.965 bits per heavy atom. The number of carbonyl (C=O) groups is 11. The van der Waals surface area contributed by atoms with E-state index in [1.807, 2.05) is 214 Å². The first-order valence-corrected chi connectivity index (χ1v) is 46.8. The van der Waals surface area contributed by atoms with Crippen LogP contribution in [0.15, 0.2) is 272 Å². The normalized spacial score (nSPS) is 13.7. The van der Waals surface area contributed by atoms with Gasteiger partial charge in [0.1, 0.15) is 50.6 Å². The summed E-state index contributed by atoms with van der Waals surface area (Å²) in [5.41, 5.74) is 21.5. The summed E-state index contributed by atoms with van der Waals surface area (Å²) in [5.74, 6) is -6.57. The second-order valence-electron chi connectivity index (χ2n) is 35.4. The van der Waals surface area contributed by atoms with Crippen LogP contribution in [-0.4, -0.2) is 164 Å². The highest BCUT2D eigenvalue weighted by Gasteiger charge is 2.36. The minimum Gasteiger partial charge on any atom is -0.481 e. The number of aromatic amines is 1. The Morgan fingerprint density at radius 2 is 0.678 bits per heavy atom. The number of nitrogens with one attached hydrogen (secondary N) is 5. The third-order valence-corrected chi connectivity index (χ3v) is 24.8. The van der Waals surface area contributed by atoms with Gasteiger partial charge in [0.15, 0.2) is 0 Å². The number of carbonyl (C=O) groups excluding carboxylic acids is 4. The molecule has 6 aliphatic rings. The van der Waals surface area contributed by atoms with E-state index in [1.165, 1.54) is 0 Å². The summed E-state index contributed by atoms with van der Waals surface area (Å²) in [6, 6.07) is 77.3.